The maximum Gasteiger partial charge on any atom is 0.121 e. The Morgan fingerprint density at radius 2 is 2.31 bits per heavy atom. The molecule has 2 atom stereocenters. The van der Waals surface area contributed by atoms with Crippen molar-refractivity contribution < 1.29 is 5.11 Å². The minimum Gasteiger partial charge on any atom is -0.508 e. The highest BCUT2D eigenvalue weighted by Gasteiger charge is 2.29. The smallest absolute Gasteiger partial charge is 0.121 e. The summed E-state index contributed by atoms with van der Waals surface area (Å²) in [6, 6.07) is 5.94. The molecule has 13 heavy (non-hydrogen) atoms. The maximum atomic E-state index is 9.68. The van der Waals surface area contributed by atoms with Crippen molar-refractivity contribution >= 4 is 18.3 Å². The molecule has 0 radical (unpaired) electrons. The fourth-order valence-electron chi connectivity index (χ4n) is 1.91. The molecule has 70 valence electrons. The van der Waals surface area contributed by atoms with E-state index in [1.807, 2.05) is 12.1 Å². The first kappa shape index (κ1) is 8.75. The van der Waals surface area contributed by atoms with Crippen LogP contribution in [-0.4, -0.2) is 16.9 Å². The normalized spacial score (nSPS) is 25.4. The van der Waals surface area contributed by atoms with Crippen LogP contribution in [0.15, 0.2) is 18.2 Å². The SMILES string of the molecule is CC1Nc2cccc(O)c2C1CS. The summed E-state index contributed by atoms with van der Waals surface area (Å²) in [6.45, 7) is 2.11. The Morgan fingerprint density at radius 3 is 3.00 bits per heavy atom. The number of benzene rings is 1. The van der Waals surface area contributed by atoms with Gasteiger partial charge in [0.05, 0.1) is 0 Å². The molecule has 0 saturated heterocycles. The topological polar surface area (TPSA) is 32.3 Å². The molecular formula is C10H13NOS. The number of thiol groups is 1. The predicted molar refractivity (Wildman–Crippen MR) is 57.8 cm³/mol. The molecule has 2 N–H and O–H groups in total. The lowest BCUT2D eigenvalue weighted by Gasteiger charge is -2.13. The summed E-state index contributed by atoms with van der Waals surface area (Å²) >= 11 is 4.30. The lowest BCUT2D eigenvalue weighted by Crippen LogP contribution is -2.16. The maximum absolute atomic E-state index is 9.68. The number of aromatic hydroxyl groups is 1. The molecule has 3 heteroatoms. The second-order valence-corrected chi connectivity index (χ2v) is 3.83. The third kappa shape index (κ3) is 1.27. The minimum atomic E-state index is 0.319. The van der Waals surface area contributed by atoms with Crippen molar-refractivity contribution in [3.8, 4) is 5.75 Å². The predicted octanol–water partition coefficient (Wildman–Crippen LogP) is 2.22. The number of hydrogen-bond acceptors (Lipinski definition) is 3. The van der Waals surface area contributed by atoms with Crippen molar-refractivity contribution in [3.63, 3.8) is 0 Å². The van der Waals surface area contributed by atoms with Crippen LogP contribution in [0, 0.1) is 0 Å². The van der Waals surface area contributed by atoms with Crippen LogP contribution in [0.5, 0.6) is 5.75 Å². The third-order valence-electron chi connectivity index (χ3n) is 2.64. The Bertz CT molecular complexity index is 327. The van der Waals surface area contributed by atoms with Crippen LogP contribution >= 0.6 is 12.6 Å². The molecule has 0 aromatic heterocycles. The highest BCUT2D eigenvalue weighted by molar-refractivity contribution is 7.80. The molecule has 2 nitrogen and oxygen atoms in total. The van der Waals surface area contributed by atoms with E-state index in [1.165, 1.54) is 0 Å². The molecule has 0 spiro atoms. The van der Waals surface area contributed by atoms with Gasteiger partial charge in [0, 0.05) is 23.2 Å². The molecule has 1 aliphatic heterocycles. The zero-order valence-corrected chi connectivity index (χ0v) is 8.38. The van der Waals surface area contributed by atoms with Crippen LogP contribution in [-0.2, 0) is 0 Å². The first-order valence-electron chi connectivity index (χ1n) is 4.43. The summed E-state index contributed by atoms with van der Waals surface area (Å²) < 4.78 is 0. The van der Waals surface area contributed by atoms with Crippen LogP contribution in [0.1, 0.15) is 18.4 Å². The molecule has 0 saturated carbocycles. The van der Waals surface area contributed by atoms with E-state index in [9.17, 15) is 5.11 Å². The Labute approximate surface area is 83.4 Å². The molecule has 2 rings (SSSR count). The summed E-state index contributed by atoms with van der Waals surface area (Å²) in [5.41, 5.74) is 2.07. The first-order valence-corrected chi connectivity index (χ1v) is 5.06. The zero-order valence-electron chi connectivity index (χ0n) is 7.49. The molecule has 1 aliphatic rings. The van der Waals surface area contributed by atoms with Crippen molar-refractivity contribution in [1.82, 2.24) is 0 Å². The molecule has 0 aliphatic carbocycles. The monoisotopic (exact) mass is 195 g/mol. The van der Waals surface area contributed by atoms with Gasteiger partial charge in [-0.2, -0.15) is 12.6 Å². The van der Waals surface area contributed by atoms with Gasteiger partial charge in [-0.25, -0.2) is 0 Å². The van der Waals surface area contributed by atoms with Gasteiger partial charge in [-0.1, -0.05) is 6.07 Å². The molecule has 0 fully saturated rings. The minimum absolute atomic E-state index is 0.319. The highest BCUT2D eigenvalue weighted by atomic mass is 32.1. The molecule has 1 aromatic rings. The van der Waals surface area contributed by atoms with Crippen LogP contribution in [0.25, 0.3) is 0 Å². The Kier molecular flexibility index (Phi) is 2.12. The highest BCUT2D eigenvalue weighted by Crippen LogP contribution is 2.41. The van der Waals surface area contributed by atoms with Crippen LogP contribution in [0.4, 0.5) is 5.69 Å². The van der Waals surface area contributed by atoms with E-state index in [1.54, 1.807) is 6.07 Å². The van der Waals surface area contributed by atoms with E-state index >= 15 is 0 Å². The Balaban J connectivity index is 2.49. The average Bonchev–Trinajstić information content (AvgIpc) is 2.42. The quantitative estimate of drug-likeness (QED) is 0.600. The molecule has 1 heterocycles. The van der Waals surface area contributed by atoms with Gasteiger partial charge in [0.2, 0.25) is 0 Å². The van der Waals surface area contributed by atoms with E-state index in [0.717, 1.165) is 17.0 Å². The van der Waals surface area contributed by atoms with E-state index in [4.69, 9.17) is 0 Å². The molecule has 1 aromatic carbocycles. The number of phenolic OH excluding ortho intramolecular Hbond substituents is 1. The van der Waals surface area contributed by atoms with Gasteiger partial charge in [-0.05, 0) is 24.8 Å². The van der Waals surface area contributed by atoms with E-state index in [2.05, 4.69) is 24.9 Å². The van der Waals surface area contributed by atoms with Crippen molar-refractivity contribution in [2.24, 2.45) is 0 Å². The lowest BCUT2D eigenvalue weighted by atomic mass is 9.97. The van der Waals surface area contributed by atoms with Gasteiger partial charge < -0.3 is 10.4 Å². The van der Waals surface area contributed by atoms with Crippen molar-refractivity contribution in [2.45, 2.75) is 18.9 Å². The number of hydrogen-bond donors (Lipinski definition) is 3. The van der Waals surface area contributed by atoms with Gasteiger partial charge in [0.25, 0.3) is 0 Å². The summed E-state index contributed by atoms with van der Waals surface area (Å²) in [6.07, 6.45) is 0. The largest absolute Gasteiger partial charge is 0.508 e. The van der Waals surface area contributed by atoms with Crippen LogP contribution in [0.3, 0.4) is 0 Å². The number of rotatable bonds is 1. The molecule has 0 bridgehead atoms. The van der Waals surface area contributed by atoms with Gasteiger partial charge >= 0.3 is 0 Å². The summed E-state index contributed by atoms with van der Waals surface area (Å²) in [5.74, 6) is 1.46. The van der Waals surface area contributed by atoms with E-state index < -0.39 is 0 Å². The second kappa shape index (κ2) is 3.14. The van der Waals surface area contributed by atoms with Crippen molar-refractivity contribution in [3.05, 3.63) is 23.8 Å². The van der Waals surface area contributed by atoms with Gasteiger partial charge in [-0.15, -0.1) is 0 Å². The zero-order chi connectivity index (χ0) is 9.42. The average molecular weight is 195 g/mol. The Hall–Kier alpha value is -0.830. The summed E-state index contributed by atoms with van der Waals surface area (Å²) in [5, 5.41) is 13.0. The van der Waals surface area contributed by atoms with E-state index in [0.29, 0.717) is 17.7 Å². The number of phenols is 1. The van der Waals surface area contributed by atoms with Crippen LogP contribution in [0.2, 0.25) is 0 Å². The van der Waals surface area contributed by atoms with E-state index in [-0.39, 0.29) is 0 Å². The molecule has 2 unspecified atom stereocenters. The Morgan fingerprint density at radius 1 is 1.54 bits per heavy atom. The lowest BCUT2D eigenvalue weighted by molar-refractivity contribution is 0.464. The fourth-order valence-corrected chi connectivity index (χ4v) is 2.41. The number of fused-ring (bicyclic) bond motifs is 1. The van der Waals surface area contributed by atoms with Gasteiger partial charge in [0.1, 0.15) is 5.75 Å². The van der Waals surface area contributed by atoms with Crippen molar-refractivity contribution in [1.29, 1.82) is 0 Å². The summed E-state index contributed by atoms with van der Waals surface area (Å²) in [4.78, 5) is 0. The second-order valence-electron chi connectivity index (χ2n) is 3.46. The third-order valence-corrected chi connectivity index (χ3v) is 3.03. The van der Waals surface area contributed by atoms with Gasteiger partial charge in [0.15, 0.2) is 0 Å². The number of nitrogens with one attached hydrogen (secondary N) is 1. The van der Waals surface area contributed by atoms with Crippen LogP contribution < -0.4 is 5.32 Å². The standard InChI is InChI=1S/C10H13NOS/c1-6-7(5-13)10-8(11-6)3-2-4-9(10)12/h2-4,6-7,11-13H,5H2,1H3. The molecular weight excluding hydrogens is 182 g/mol. The molecule has 0 amide bonds. The number of anilines is 1. The first-order chi connectivity index (χ1) is 6.24. The fraction of sp³-hybridized carbons (Fsp3) is 0.400. The van der Waals surface area contributed by atoms with Crippen molar-refractivity contribution in [2.75, 3.05) is 11.1 Å². The summed E-state index contributed by atoms with van der Waals surface area (Å²) in [7, 11) is 0. The van der Waals surface area contributed by atoms with Gasteiger partial charge in [-0.3, -0.25) is 0 Å².